The molecule has 0 amide bonds. The molecule has 2 aromatic heterocycles. The van der Waals surface area contributed by atoms with Crippen LogP contribution in [0, 0.1) is 0 Å². The molecule has 0 spiro atoms. The fourth-order valence-electron chi connectivity index (χ4n) is 2.12. The van der Waals surface area contributed by atoms with E-state index in [-0.39, 0.29) is 5.78 Å². The monoisotopic (exact) mass is 247 g/mol. The van der Waals surface area contributed by atoms with Gasteiger partial charge in [0.15, 0.2) is 17.4 Å². The molecular formula is C13H13NO2S. The lowest BCUT2D eigenvalue weighted by molar-refractivity contribution is 0.0987. The molecule has 3 heterocycles. The predicted molar refractivity (Wildman–Crippen MR) is 67.8 cm³/mol. The van der Waals surface area contributed by atoms with Crippen LogP contribution in [-0.4, -0.2) is 12.3 Å². The summed E-state index contributed by atoms with van der Waals surface area (Å²) in [7, 11) is 0. The van der Waals surface area contributed by atoms with E-state index in [9.17, 15) is 4.79 Å². The topological polar surface area (TPSA) is 33.5 Å². The maximum Gasteiger partial charge on any atom is 0.196 e. The molecule has 2 aromatic rings. The smallest absolute Gasteiger partial charge is 0.196 e. The van der Waals surface area contributed by atoms with E-state index in [2.05, 4.69) is 16.3 Å². The number of hydrogen-bond donors (Lipinski definition) is 0. The van der Waals surface area contributed by atoms with Crippen LogP contribution in [0.5, 0.6) is 0 Å². The zero-order chi connectivity index (χ0) is 11.8. The van der Waals surface area contributed by atoms with E-state index < -0.39 is 0 Å². The van der Waals surface area contributed by atoms with Gasteiger partial charge in [0, 0.05) is 31.0 Å². The molecule has 0 bridgehead atoms. The summed E-state index contributed by atoms with van der Waals surface area (Å²) in [4.78, 5) is 14.8. The maximum atomic E-state index is 11.2. The summed E-state index contributed by atoms with van der Waals surface area (Å²) < 4.78 is 5.56. The van der Waals surface area contributed by atoms with Gasteiger partial charge >= 0.3 is 0 Å². The summed E-state index contributed by atoms with van der Waals surface area (Å²) in [5.41, 5.74) is 1.38. The molecule has 0 radical (unpaired) electrons. The Morgan fingerprint density at radius 3 is 3.06 bits per heavy atom. The first kappa shape index (κ1) is 10.6. The van der Waals surface area contributed by atoms with Crippen molar-refractivity contribution >= 4 is 23.0 Å². The number of rotatable bonds is 2. The molecule has 0 aliphatic carbocycles. The van der Waals surface area contributed by atoms with Crippen molar-refractivity contribution in [3.63, 3.8) is 0 Å². The normalized spacial score (nSPS) is 14.8. The van der Waals surface area contributed by atoms with Gasteiger partial charge in [0.05, 0.1) is 0 Å². The standard InChI is InChI=1S/C13H13NO2S/c1-9(15)11-2-3-13(16-11)14-6-4-12-10(8-14)5-7-17-12/h2-3,5,7H,4,6,8H2,1H3. The van der Waals surface area contributed by atoms with Gasteiger partial charge in [-0.15, -0.1) is 11.3 Å². The van der Waals surface area contributed by atoms with Crippen molar-refractivity contribution in [1.82, 2.24) is 0 Å². The van der Waals surface area contributed by atoms with Gasteiger partial charge in [0.25, 0.3) is 0 Å². The van der Waals surface area contributed by atoms with Crippen LogP contribution in [-0.2, 0) is 13.0 Å². The van der Waals surface area contributed by atoms with Crippen LogP contribution in [0.2, 0.25) is 0 Å². The van der Waals surface area contributed by atoms with Crippen LogP contribution in [0.3, 0.4) is 0 Å². The quantitative estimate of drug-likeness (QED) is 0.765. The van der Waals surface area contributed by atoms with Crippen molar-refractivity contribution in [3.8, 4) is 0 Å². The fourth-order valence-corrected chi connectivity index (χ4v) is 3.01. The second kappa shape index (κ2) is 4.04. The molecule has 17 heavy (non-hydrogen) atoms. The van der Waals surface area contributed by atoms with E-state index in [0.717, 1.165) is 25.4 Å². The summed E-state index contributed by atoms with van der Waals surface area (Å²) in [6, 6.07) is 5.80. The van der Waals surface area contributed by atoms with Crippen molar-refractivity contribution < 1.29 is 9.21 Å². The molecule has 1 aliphatic rings. The first-order chi connectivity index (χ1) is 8.24. The van der Waals surface area contributed by atoms with Crippen molar-refractivity contribution in [2.24, 2.45) is 0 Å². The molecule has 0 fully saturated rings. The SMILES string of the molecule is CC(=O)c1ccc(N2CCc3sccc3C2)o1. The Kier molecular flexibility index (Phi) is 2.52. The minimum Gasteiger partial charge on any atom is -0.437 e. The van der Waals surface area contributed by atoms with Gasteiger partial charge in [-0.3, -0.25) is 4.79 Å². The maximum absolute atomic E-state index is 11.2. The van der Waals surface area contributed by atoms with Crippen molar-refractivity contribution in [3.05, 3.63) is 39.8 Å². The molecule has 0 unspecified atom stereocenters. The van der Waals surface area contributed by atoms with Gasteiger partial charge in [0.1, 0.15) is 0 Å². The lowest BCUT2D eigenvalue weighted by Crippen LogP contribution is -2.28. The highest BCUT2D eigenvalue weighted by atomic mass is 32.1. The summed E-state index contributed by atoms with van der Waals surface area (Å²) in [6.07, 6.45) is 1.06. The third-order valence-electron chi connectivity index (χ3n) is 3.06. The van der Waals surface area contributed by atoms with Gasteiger partial charge < -0.3 is 9.32 Å². The second-order valence-electron chi connectivity index (χ2n) is 4.23. The van der Waals surface area contributed by atoms with Crippen LogP contribution in [0.15, 0.2) is 28.0 Å². The molecule has 3 nitrogen and oxygen atoms in total. The highest BCUT2D eigenvalue weighted by Gasteiger charge is 2.20. The Hall–Kier alpha value is -1.55. The minimum absolute atomic E-state index is 0.0236. The number of anilines is 1. The molecular weight excluding hydrogens is 234 g/mol. The van der Waals surface area contributed by atoms with E-state index in [1.54, 1.807) is 6.07 Å². The molecule has 4 heteroatoms. The molecule has 0 saturated heterocycles. The van der Waals surface area contributed by atoms with E-state index in [1.807, 2.05) is 17.4 Å². The number of hydrogen-bond acceptors (Lipinski definition) is 4. The van der Waals surface area contributed by atoms with Crippen LogP contribution in [0.4, 0.5) is 5.88 Å². The van der Waals surface area contributed by atoms with Crippen LogP contribution in [0.1, 0.15) is 27.9 Å². The number of furan rings is 1. The molecule has 0 N–H and O–H groups in total. The molecule has 1 aliphatic heterocycles. The Balaban J connectivity index is 1.84. The number of fused-ring (bicyclic) bond motifs is 1. The Morgan fingerprint density at radius 1 is 1.41 bits per heavy atom. The van der Waals surface area contributed by atoms with Gasteiger partial charge in [-0.1, -0.05) is 0 Å². The lowest BCUT2D eigenvalue weighted by atomic mass is 10.1. The third kappa shape index (κ3) is 1.89. The van der Waals surface area contributed by atoms with Crippen molar-refractivity contribution in [2.45, 2.75) is 19.9 Å². The number of carbonyl (C=O) groups is 1. The fraction of sp³-hybridized carbons (Fsp3) is 0.308. The average Bonchev–Trinajstić information content (AvgIpc) is 2.97. The van der Waals surface area contributed by atoms with E-state index >= 15 is 0 Å². The number of carbonyl (C=O) groups excluding carboxylic acids is 1. The molecule has 0 saturated carbocycles. The van der Waals surface area contributed by atoms with Crippen LogP contribution >= 0.6 is 11.3 Å². The second-order valence-corrected chi connectivity index (χ2v) is 5.24. The number of nitrogens with zero attached hydrogens (tertiary/aromatic N) is 1. The van der Waals surface area contributed by atoms with E-state index in [4.69, 9.17) is 4.42 Å². The first-order valence-corrected chi connectivity index (χ1v) is 6.53. The van der Waals surface area contributed by atoms with Crippen LogP contribution in [0.25, 0.3) is 0 Å². The highest BCUT2D eigenvalue weighted by Crippen LogP contribution is 2.28. The highest BCUT2D eigenvalue weighted by molar-refractivity contribution is 7.10. The zero-order valence-electron chi connectivity index (χ0n) is 9.60. The Labute approximate surface area is 104 Å². The van der Waals surface area contributed by atoms with Gasteiger partial charge in [-0.25, -0.2) is 0 Å². The minimum atomic E-state index is -0.0236. The van der Waals surface area contributed by atoms with Crippen LogP contribution < -0.4 is 4.90 Å². The Bertz CT molecular complexity index is 555. The van der Waals surface area contributed by atoms with Gasteiger partial charge in [0.2, 0.25) is 0 Å². The molecule has 0 atom stereocenters. The average molecular weight is 247 g/mol. The number of Topliss-reactive ketones (excluding diaryl/α,β-unsaturated/α-hetero) is 1. The summed E-state index contributed by atoms with van der Waals surface area (Å²) in [5.74, 6) is 1.22. The lowest BCUT2D eigenvalue weighted by Gasteiger charge is -2.26. The van der Waals surface area contributed by atoms with Gasteiger partial charge in [-0.2, -0.15) is 0 Å². The summed E-state index contributed by atoms with van der Waals surface area (Å²) in [5, 5.41) is 2.14. The summed E-state index contributed by atoms with van der Waals surface area (Å²) >= 11 is 1.82. The molecule has 3 rings (SSSR count). The zero-order valence-corrected chi connectivity index (χ0v) is 10.4. The largest absolute Gasteiger partial charge is 0.437 e. The summed E-state index contributed by atoms with van der Waals surface area (Å²) in [6.45, 7) is 3.36. The number of ketones is 1. The van der Waals surface area contributed by atoms with Crippen molar-refractivity contribution in [1.29, 1.82) is 0 Å². The first-order valence-electron chi connectivity index (χ1n) is 5.65. The van der Waals surface area contributed by atoms with Crippen molar-refractivity contribution in [2.75, 3.05) is 11.4 Å². The van der Waals surface area contributed by atoms with E-state index in [0.29, 0.717) is 5.76 Å². The molecule has 88 valence electrons. The molecule has 0 aromatic carbocycles. The third-order valence-corrected chi connectivity index (χ3v) is 4.08. The Morgan fingerprint density at radius 2 is 2.29 bits per heavy atom. The van der Waals surface area contributed by atoms with E-state index in [1.165, 1.54) is 17.4 Å². The van der Waals surface area contributed by atoms with Gasteiger partial charge in [-0.05, 0) is 29.5 Å². The number of thiophene rings is 1. The predicted octanol–water partition coefficient (Wildman–Crippen LogP) is 3.11.